The van der Waals surface area contributed by atoms with E-state index in [9.17, 15) is 10.1 Å². The first-order valence-corrected chi connectivity index (χ1v) is 9.27. The molecule has 0 radical (unpaired) electrons. The van der Waals surface area contributed by atoms with Crippen molar-refractivity contribution in [1.82, 2.24) is 0 Å². The van der Waals surface area contributed by atoms with Gasteiger partial charge in [-0.3, -0.25) is 4.79 Å². The van der Waals surface area contributed by atoms with E-state index < -0.39 is 0 Å². The van der Waals surface area contributed by atoms with Crippen LogP contribution in [0.25, 0.3) is 0 Å². The molecule has 0 spiro atoms. The van der Waals surface area contributed by atoms with E-state index in [1.54, 1.807) is 5.57 Å². The zero-order valence-corrected chi connectivity index (χ0v) is 13.4. The first-order valence-electron chi connectivity index (χ1n) is 9.27. The van der Waals surface area contributed by atoms with Crippen molar-refractivity contribution < 1.29 is 4.79 Å². The van der Waals surface area contributed by atoms with Crippen LogP contribution in [0.3, 0.4) is 0 Å². The largest absolute Gasteiger partial charge is 0.295 e. The van der Waals surface area contributed by atoms with E-state index in [1.807, 2.05) is 6.08 Å². The quantitative estimate of drug-likeness (QED) is 0.674. The Balaban J connectivity index is 1.52. The van der Waals surface area contributed by atoms with Crippen molar-refractivity contribution in [3.05, 3.63) is 11.6 Å². The Morgan fingerprint density at radius 1 is 1.18 bits per heavy atom. The number of rotatable bonds is 0. The number of hydrogen-bond donors (Lipinski definition) is 0. The van der Waals surface area contributed by atoms with E-state index >= 15 is 0 Å². The summed E-state index contributed by atoms with van der Waals surface area (Å²) in [5, 5.41) is 9.56. The minimum absolute atomic E-state index is 0.286. The molecule has 8 atom stereocenters. The summed E-state index contributed by atoms with van der Waals surface area (Å²) in [4.78, 5) is 11.8. The van der Waals surface area contributed by atoms with Crippen LogP contribution in [0, 0.1) is 58.2 Å². The predicted octanol–water partition coefficient (Wildman–Crippen LogP) is 4.12. The molecule has 0 aromatic rings. The maximum Gasteiger partial charge on any atom is 0.155 e. The first kappa shape index (κ1) is 13.3. The average Bonchev–Trinajstić information content (AvgIpc) is 3.23. The number of hydrogen-bond acceptors (Lipinski definition) is 2. The minimum atomic E-state index is 0.286. The number of fused-ring (bicyclic) bond motifs is 8. The second kappa shape index (κ2) is 4.25. The fourth-order valence-electron chi connectivity index (χ4n) is 7.22. The molecule has 2 heteroatoms. The van der Waals surface area contributed by atoms with Gasteiger partial charge in [0.2, 0.25) is 0 Å². The van der Waals surface area contributed by atoms with Crippen molar-refractivity contribution in [3.8, 4) is 6.07 Å². The summed E-state index contributed by atoms with van der Waals surface area (Å²) in [6.07, 6.45) is 10.2. The molecule has 0 amide bonds. The van der Waals surface area contributed by atoms with Crippen LogP contribution in [-0.4, -0.2) is 5.78 Å². The van der Waals surface area contributed by atoms with Crippen molar-refractivity contribution in [2.75, 3.05) is 0 Å². The molecular formula is C20H25NO. The average molecular weight is 295 g/mol. The summed E-state index contributed by atoms with van der Waals surface area (Å²) < 4.78 is 0. The highest BCUT2D eigenvalue weighted by atomic mass is 16.1. The van der Waals surface area contributed by atoms with Crippen LogP contribution in [0.2, 0.25) is 0 Å². The van der Waals surface area contributed by atoms with Crippen molar-refractivity contribution in [1.29, 1.82) is 5.26 Å². The van der Waals surface area contributed by atoms with Crippen LogP contribution in [0.4, 0.5) is 0 Å². The molecule has 0 saturated heterocycles. The fraction of sp³-hybridized carbons (Fsp3) is 0.800. The topological polar surface area (TPSA) is 40.9 Å². The lowest BCUT2D eigenvalue weighted by atomic mass is 9.51. The van der Waals surface area contributed by atoms with Crippen LogP contribution >= 0.6 is 0 Å². The molecule has 0 bridgehead atoms. The molecule has 5 aliphatic rings. The number of ketones is 1. The normalized spacial score (nSPS) is 55.2. The van der Waals surface area contributed by atoms with Crippen LogP contribution in [0.5, 0.6) is 0 Å². The molecule has 116 valence electrons. The summed E-state index contributed by atoms with van der Waals surface area (Å²) in [6, 6.07) is 2.63. The fourth-order valence-corrected chi connectivity index (χ4v) is 7.22. The molecule has 5 rings (SSSR count). The molecule has 4 fully saturated rings. The van der Waals surface area contributed by atoms with Crippen molar-refractivity contribution in [3.63, 3.8) is 0 Å². The molecular weight excluding hydrogens is 270 g/mol. The highest BCUT2D eigenvalue weighted by Gasteiger charge is 2.64. The smallest absolute Gasteiger partial charge is 0.155 e. The van der Waals surface area contributed by atoms with E-state index in [4.69, 9.17) is 0 Å². The monoisotopic (exact) mass is 295 g/mol. The van der Waals surface area contributed by atoms with Crippen LogP contribution in [0.1, 0.15) is 51.9 Å². The van der Waals surface area contributed by atoms with Crippen molar-refractivity contribution >= 4 is 5.78 Å². The zero-order chi connectivity index (χ0) is 15.1. The zero-order valence-electron chi connectivity index (χ0n) is 13.4. The van der Waals surface area contributed by atoms with Gasteiger partial charge >= 0.3 is 0 Å². The predicted molar refractivity (Wildman–Crippen MR) is 83.6 cm³/mol. The molecule has 5 aliphatic carbocycles. The van der Waals surface area contributed by atoms with E-state index in [0.29, 0.717) is 17.6 Å². The third kappa shape index (κ3) is 1.53. The van der Waals surface area contributed by atoms with Gasteiger partial charge in [0.15, 0.2) is 5.78 Å². The highest BCUT2D eigenvalue weighted by molar-refractivity contribution is 5.91. The molecule has 0 heterocycles. The molecule has 0 aliphatic heterocycles. The number of nitrogens with zero attached hydrogens (tertiary/aromatic N) is 1. The van der Waals surface area contributed by atoms with Crippen LogP contribution in [0.15, 0.2) is 11.6 Å². The molecule has 4 saturated carbocycles. The number of nitriles is 1. The minimum Gasteiger partial charge on any atom is -0.295 e. The molecule has 0 N–H and O–H groups in total. The standard InChI is InChI=1S/C20H25NO/c1-20-7-6-14-13-4-3-12(22)8-15(13)16-9-17(16)19(14)18(20)5-2-11(20)10-21/h8,11,13-14,16-19H,2-7,9H2,1H3/t11-,13-,14-,16+,17+,18+,19+,20-/m1/s1. The second-order valence-corrected chi connectivity index (χ2v) is 8.91. The third-order valence-corrected chi connectivity index (χ3v) is 8.28. The molecule has 22 heavy (non-hydrogen) atoms. The second-order valence-electron chi connectivity index (χ2n) is 8.91. The summed E-state index contributed by atoms with van der Waals surface area (Å²) in [6.45, 7) is 2.42. The van der Waals surface area contributed by atoms with Gasteiger partial charge in [-0.1, -0.05) is 12.5 Å². The van der Waals surface area contributed by atoms with Crippen molar-refractivity contribution in [2.24, 2.45) is 46.8 Å². The van der Waals surface area contributed by atoms with Crippen molar-refractivity contribution in [2.45, 2.75) is 51.9 Å². The van der Waals surface area contributed by atoms with Gasteiger partial charge in [0.25, 0.3) is 0 Å². The van der Waals surface area contributed by atoms with Gasteiger partial charge in [-0.05, 0) is 85.5 Å². The maximum atomic E-state index is 11.8. The summed E-state index contributed by atoms with van der Waals surface area (Å²) in [7, 11) is 0. The van der Waals surface area contributed by atoms with Gasteiger partial charge in [-0.2, -0.15) is 5.26 Å². The summed E-state index contributed by atoms with van der Waals surface area (Å²) in [5.74, 6) is 5.42. The SMILES string of the molecule is C[C@]12CC[C@H]3[C@@H]([C@H]4C[C@H]4C4=CC(=O)CC[C@@H]43)[C@@H]1CC[C@@H]2C#N. The van der Waals surface area contributed by atoms with Gasteiger partial charge in [0.05, 0.1) is 12.0 Å². The summed E-state index contributed by atoms with van der Waals surface area (Å²) in [5.41, 5.74) is 1.83. The Labute approximate surface area is 133 Å². The number of carbonyl (C=O) groups is 1. The lowest BCUT2D eigenvalue weighted by molar-refractivity contribution is -0.116. The van der Waals surface area contributed by atoms with Gasteiger partial charge in [-0.15, -0.1) is 0 Å². The van der Waals surface area contributed by atoms with E-state index in [-0.39, 0.29) is 5.41 Å². The Kier molecular flexibility index (Phi) is 2.58. The van der Waals surface area contributed by atoms with E-state index in [1.165, 1.54) is 25.7 Å². The van der Waals surface area contributed by atoms with Gasteiger partial charge in [0, 0.05) is 6.42 Å². The van der Waals surface area contributed by atoms with E-state index in [2.05, 4.69) is 13.0 Å². The lowest BCUT2D eigenvalue weighted by Gasteiger charge is -2.53. The van der Waals surface area contributed by atoms with E-state index in [0.717, 1.165) is 48.9 Å². The lowest BCUT2D eigenvalue weighted by Crippen LogP contribution is -2.47. The Morgan fingerprint density at radius 2 is 2.05 bits per heavy atom. The Bertz CT molecular complexity index is 614. The third-order valence-electron chi connectivity index (χ3n) is 8.28. The van der Waals surface area contributed by atoms with Gasteiger partial charge in [0.1, 0.15) is 0 Å². The first-order chi connectivity index (χ1) is 10.6. The summed E-state index contributed by atoms with van der Waals surface area (Å²) >= 11 is 0. The maximum absolute atomic E-state index is 11.8. The van der Waals surface area contributed by atoms with Crippen LogP contribution < -0.4 is 0 Å². The Morgan fingerprint density at radius 3 is 2.86 bits per heavy atom. The molecule has 2 nitrogen and oxygen atoms in total. The van der Waals surface area contributed by atoms with Gasteiger partial charge in [-0.25, -0.2) is 0 Å². The molecule has 0 unspecified atom stereocenters. The highest BCUT2D eigenvalue weighted by Crippen LogP contribution is 2.71. The van der Waals surface area contributed by atoms with Gasteiger partial charge < -0.3 is 0 Å². The number of carbonyl (C=O) groups excluding carboxylic acids is 1. The molecule has 0 aromatic heterocycles. The Hall–Kier alpha value is -1.10. The van der Waals surface area contributed by atoms with Crippen LogP contribution in [-0.2, 0) is 4.79 Å². The number of allylic oxidation sites excluding steroid dienone is 1. The molecule has 0 aromatic carbocycles.